The van der Waals surface area contributed by atoms with Gasteiger partial charge in [-0.3, -0.25) is 9.69 Å². The van der Waals surface area contributed by atoms with Crippen molar-refractivity contribution < 1.29 is 27.5 Å². The van der Waals surface area contributed by atoms with Gasteiger partial charge in [-0.05, 0) is 82.1 Å². The van der Waals surface area contributed by atoms with E-state index in [-0.39, 0.29) is 12.2 Å². The second-order valence-corrected chi connectivity index (χ2v) is 10.2. The van der Waals surface area contributed by atoms with E-state index in [1.165, 1.54) is 41.9 Å². The highest BCUT2D eigenvalue weighted by molar-refractivity contribution is 6.23. The zero-order chi connectivity index (χ0) is 27.5. The number of hydrogen-bond acceptors (Lipinski definition) is 5. The Kier molecular flexibility index (Phi) is 7.97. The van der Waals surface area contributed by atoms with Gasteiger partial charge in [0.25, 0.3) is 5.91 Å². The molecule has 4 rings (SSSR count). The number of nitriles is 1. The van der Waals surface area contributed by atoms with E-state index < -0.39 is 34.8 Å². The molecule has 2 aliphatic rings. The van der Waals surface area contributed by atoms with Gasteiger partial charge in [0.05, 0.1) is 29.5 Å². The maximum absolute atomic E-state index is 13.4. The molecule has 2 aliphatic heterocycles. The number of anilines is 1. The average molecular weight is 529 g/mol. The van der Waals surface area contributed by atoms with Gasteiger partial charge in [-0.2, -0.15) is 18.4 Å². The minimum absolute atomic E-state index is 0.184. The molecular formula is C28H31F3N4O3. The topological polar surface area (TPSA) is 76.9 Å². The number of piperidine rings is 1. The van der Waals surface area contributed by atoms with Gasteiger partial charge in [0.1, 0.15) is 11.3 Å². The van der Waals surface area contributed by atoms with Crippen molar-refractivity contribution in [2.75, 3.05) is 31.1 Å². The van der Waals surface area contributed by atoms with E-state index in [9.17, 15) is 22.8 Å². The van der Waals surface area contributed by atoms with Gasteiger partial charge < -0.3 is 9.64 Å². The van der Waals surface area contributed by atoms with Crippen LogP contribution in [0.25, 0.3) is 0 Å². The lowest BCUT2D eigenvalue weighted by Gasteiger charge is -2.27. The zero-order valence-electron chi connectivity index (χ0n) is 21.6. The van der Waals surface area contributed by atoms with Crippen molar-refractivity contribution in [2.24, 2.45) is 0 Å². The number of alkyl halides is 3. The summed E-state index contributed by atoms with van der Waals surface area (Å²) in [5, 5.41) is 9.03. The summed E-state index contributed by atoms with van der Waals surface area (Å²) in [5.74, 6) is 0.0694. The molecule has 0 bridgehead atoms. The standard InChI is InChI=1S/C28H31F3N4O3/c1-27(2)25(36)35(22-10-9-21(18-32)24(17-22)28(29,30)31)26(37)34(27)15-6-16-38-23-11-7-20(8-12-23)19-33-13-4-3-5-14-33/h7-12,17H,3-6,13-16,19H2,1-2H3. The molecule has 2 heterocycles. The highest BCUT2D eigenvalue weighted by Gasteiger charge is 2.52. The Morgan fingerprint density at radius 3 is 2.34 bits per heavy atom. The van der Waals surface area contributed by atoms with Crippen molar-refractivity contribution >= 4 is 17.6 Å². The van der Waals surface area contributed by atoms with Crippen LogP contribution in [0.4, 0.5) is 23.7 Å². The Hall–Kier alpha value is -3.58. The highest BCUT2D eigenvalue weighted by Crippen LogP contribution is 2.37. The fourth-order valence-corrected chi connectivity index (χ4v) is 4.92. The van der Waals surface area contributed by atoms with Gasteiger partial charge in [-0.15, -0.1) is 0 Å². The van der Waals surface area contributed by atoms with Crippen molar-refractivity contribution in [1.82, 2.24) is 9.80 Å². The van der Waals surface area contributed by atoms with Crippen LogP contribution in [-0.4, -0.2) is 53.5 Å². The largest absolute Gasteiger partial charge is 0.494 e. The molecule has 7 nitrogen and oxygen atoms in total. The van der Waals surface area contributed by atoms with Gasteiger partial charge in [0.2, 0.25) is 0 Å². The lowest BCUT2D eigenvalue weighted by atomic mass is 10.0. The molecule has 2 aromatic rings. The van der Waals surface area contributed by atoms with Gasteiger partial charge in [-0.25, -0.2) is 9.69 Å². The van der Waals surface area contributed by atoms with Crippen LogP contribution >= 0.6 is 0 Å². The average Bonchev–Trinajstić information content (AvgIpc) is 3.06. The van der Waals surface area contributed by atoms with Crippen molar-refractivity contribution in [3.05, 3.63) is 59.2 Å². The number of carbonyl (C=O) groups is 2. The maximum Gasteiger partial charge on any atom is 0.417 e. The number of ether oxygens (including phenoxy) is 1. The SMILES string of the molecule is CC1(C)C(=O)N(c2ccc(C#N)c(C(F)(F)F)c2)C(=O)N1CCCOc1ccc(CN2CCCCC2)cc1. The number of likely N-dealkylation sites (tertiary alicyclic amines) is 1. The van der Waals surface area contributed by atoms with E-state index in [0.29, 0.717) is 24.8 Å². The van der Waals surface area contributed by atoms with E-state index >= 15 is 0 Å². The maximum atomic E-state index is 13.4. The van der Waals surface area contributed by atoms with E-state index in [0.717, 1.165) is 30.6 Å². The molecule has 0 aliphatic carbocycles. The fraction of sp³-hybridized carbons (Fsp3) is 0.464. The molecule has 0 atom stereocenters. The fourth-order valence-electron chi connectivity index (χ4n) is 4.92. The number of imide groups is 1. The Morgan fingerprint density at radius 1 is 1.03 bits per heavy atom. The first kappa shape index (κ1) is 27.5. The van der Waals surface area contributed by atoms with Crippen molar-refractivity contribution in [1.29, 1.82) is 5.26 Å². The summed E-state index contributed by atoms with van der Waals surface area (Å²) in [6.07, 6.45) is -0.603. The molecule has 2 aromatic carbocycles. The number of urea groups is 1. The zero-order valence-corrected chi connectivity index (χ0v) is 21.6. The minimum atomic E-state index is -4.80. The first-order valence-corrected chi connectivity index (χ1v) is 12.7. The van der Waals surface area contributed by atoms with E-state index in [4.69, 9.17) is 10.00 Å². The monoisotopic (exact) mass is 528 g/mol. The Morgan fingerprint density at radius 2 is 1.71 bits per heavy atom. The second kappa shape index (κ2) is 11.0. The van der Waals surface area contributed by atoms with Gasteiger partial charge in [-0.1, -0.05) is 18.6 Å². The van der Waals surface area contributed by atoms with Crippen LogP contribution in [0.15, 0.2) is 42.5 Å². The predicted molar refractivity (Wildman–Crippen MR) is 136 cm³/mol. The minimum Gasteiger partial charge on any atom is -0.494 e. The number of halogens is 3. The lowest BCUT2D eigenvalue weighted by Crippen LogP contribution is -2.44. The lowest BCUT2D eigenvalue weighted by molar-refractivity contribution is -0.137. The summed E-state index contributed by atoms with van der Waals surface area (Å²) in [6, 6.07) is 11.5. The first-order valence-electron chi connectivity index (χ1n) is 12.7. The van der Waals surface area contributed by atoms with E-state index in [1.807, 2.05) is 24.3 Å². The van der Waals surface area contributed by atoms with Crippen LogP contribution in [-0.2, 0) is 17.5 Å². The van der Waals surface area contributed by atoms with Gasteiger partial charge in [0.15, 0.2) is 0 Å². The van der Waals surface area contributed by atoms with Crippen LogP contribution in [0.3, 0.4) is 0 Å². The molecule has 3 amide bonds. The normalized spacial score (nSPS) is 18.1. The molecule has 0 spiro atoms. The number of nitrogens with zero attached hydrogens (tertiary/aromatic N) is 4. The molecule has 202 valence electrons. The Bertz CT molecular complexity index is 1220. The smallest absolute Gasteiger partial charge is 0.417 e. The van der Waals surface area contributed by atoms with E-state index in [2.05, 4.69) is 4.90 Å². The number of benzene rings is 2. The Labute approximate surface area is 220 Å². The molecular weight excluding hydrogens is 497 g/mol. The molecule has 0 saturated carbocycles. The van der Waals surface area contributed by atoms with Crippen LogP contribution in [0.5, 0.6) is 5.75 Å². The Balaban J connectivity index is 1.36. The van der Waals surface area contributed by atoms with Crippen molar-refractivity contribution in [2.45, 2.75) is 57.8 Å². The number of carbonyl (C=O) groups excluding carboxylic acids is 2. The van der Waals surface area contributed by atoms with Crippen LogP contribution < -0.4 is 9.64 Å². The summed E-state index contributed by atoms with van der Waals surface area (Å²) < 4.78 is 46.1. The molecule has 2 saturated heterocycles. The molecule has 0 unspecified atom stereocenters. The van der Waals surface area contributed by atoms with Crippen molar-refractivity contribution in [3.63, 3.8) is 0 Å². The quantitative estimate of drug-likeness (QED) is 0.330. The molecule has 2 fully saturated rings. The summed E-state index contributed by atoms with van der Waals surface area (Å²) in [5.41, 5.74) is -2.01. The third kappa shape index (κ3) is 5.78. The number of rotatable bonds is 8. The number of amides is 3. The summed E-state index contributed by atoms with van der Waals surface area (Å²) in [4.78, 5) is 30.8. The van der Waals surface area contributed by atoms with Crippen LogP contribution in [0.2, 0.25) is 0 Å². The third-order valence-corrected chi connectivity index (χ3v) is 7.08. The number of hydrogen-bond donors (Lipinski definition) is 0. The molecule has 0 radical (unpaired) electrons. The highest BCUT2D eigenvalue weighted by atomic mass is 19.4. The van der Waals surface area contributed by atoms with E-state index in [1.54, 1.807) is 13.8 Å². The summed E-state index contributed by atoms with van der Waals surface area (Å²) in [7, 11) is 0. The molecule has 0 aromatic heterocycles. The molecule has 0 N–H and O–H groups in total. The third-order valence-electron chi connectivity index (χ3n) is 7.08. The molecule has 38 heavy (non-hydrogen) atoms. The predicted octanol–water partition coefficient (Wildman–Crippen LogP) is 5.58. The van der Waals surface area contributed by atoms with Gasteiger partial charge >= 0.3 is 12.2 Å². The first-order chi connectivity index (χ1) is 18.0. The van der Waals surface area contributed by atoms with Crippen LogP contribution in [0.1, 0.15) is 56.2 Å². The van der Waals surface area contributed by atoms with Gasteiger partial charge in [0, 0.05) is 13.1 Å². The second-order valence-electron chi connectivity index (χ2n) is 10.2. The summed E-state index contributed by atoms with van der Waals surface area (Å²) in [6.45, 7) is 6.77. The van der Waals surface area contributed by atoms with Crippen LogP contribution in [0, 0.1) is 11.3 Å². The summed E-state index contributed by atoms with van der Waals surface area (Å²) >= 11 is 0. The molecule has 10 heteroatoms. The van der Waals surface area contributed by atoms with Crippen molar-refractivity contribution in [3.8, 4) is 11.8 Å².